The highest BCUT2D eigenvalue weighted by Gasteiger charge is 2.32. The van der Waals surface area contributed by atoms with Crippen molar-refractivity contribution in [2.24, 2.45) is 0 Å². The van der Waals surface area contributed by atoms with Crippen LogP contribution in [0, 0.1) is 0 Å². The van der Waals surface area contributed by atoms with Crippen LogP contribution >= 0.6 is 24.0 Å². The van der Waals surface area contributed by atoms with Gasteiger partial charge < -0.3 is 20.0 Å². The van der Waals surface area contributed by atoms with Gasteiger partial charge in [-0.3, -0.25) is 14.5 Å². The third-order valence-corrected chi connectivity index (χ3v) is 5.63. The fraction of sp³-hybridized carbons (Fsp3) is 0.143. The standard InChI is InChI=1S/C21H18N2O5S2/c1-28-16-8-2-13(3-9-16)12-17-19(25)23(21(29)30-17)11-10-18(24)22-15-6-4-14(5-7-15)20(26)27/h2-9,12H,10-11H2,1H3,(H,22,24)(H,26,27)/p-1/b17-12-. The van der Waals surface area contributed by atoms with Crippen molar-refractivity contribution in [3.05, 3.63) is 64.6 Å². The van der Waals surface area contributed by atoms with Crippen molar-refractivity contribution in [3.8, 4) is 5.75 Å². The number of thiocarbonyl (C=S) groups is 1. The van der Waals surface area contributed by atoms with Gasteiger partial charge in [0.25, 0.3) is 5.91 Å². The first-order valence-electron chi connectivity index (χ1n) is 8.88. The third kappa shape index (κ3) is 5.25. The topological polar surface area (TPSA) is 98.8 Å². The molecule has 1 aliphatic rings. The van der Waals surface area contributed by atoms with Gasteiger partial charge in [0.05, 0.1) is 18.0 Å². The number of hydrogen-bond acceptors (Lipinski definition) is 7. The lowest BCUT2D eigenvalue weighted by atomic mass is 10.2. The molecular weight excluding hydrogens is 424 g/mol. The van der Waals surface area contributed by atoms with E-state index in [1.165, 1.54) is 40.9 Å². The highest BCUT2D eigenvalue weighted by molar-refractivity contribution is 8.26. The molecule has 154 valence electrons. The molecule has 3 rings (SSSR count). The molecule has 2 amide bonds. The normalized spacial score (nSPS) is 14.8. The van der Waals surface area contributed by atoms with E-state index in [0.717, 1.165) is 11.3 Å². The lowest BCUT2D eigenvalue weighted by molar-refractivity contribution is -0.255. The number of benzene rings is 2. The first-order chi connectivity index (χ1) is 14.4. The minimum Gasteiger partial charge on any atom is -0.545 e. The van der Waals surface area contributed by atoms with Gasteiger partial charge in [-0.25, -0.2) is 0 Å². The fourth-order valence-electron chi connectivity index (χ4n) is 2.67. The van der Waals surface area contributed by atoms with Gasteiger partial charge in [-0.1, -0.05) is 48.2 Å². The zero-order chi connectivity index (χ0) is 21.7. The lowest BCUT2D eigenvalue weighted by Gasteiger charge is -2.14. The second-order valence-corrected chi connectivity index (χ2v) is 7.95. The van der Waals surface area contributed by atoms with Crippen LogP contribution in [0.5, 0.6) is 5.75 Å². The van der Waals surface area contributed by atoms with Crippen LogP contribution < -0.4 is 15.2 Å². The van der Waals surface area contributed by atoms with Gasteiger partial charge in [0, 0.05) is 18.7 Å². The predicted octanol–water partition coefficient (Wildman–Crippen LogP) is 2.29. The summed E-state index contributed by atoms with van der Waals surface area (Å²) in [7, 11) is 1.58. The van der Waals surface area contributed by atoms with Crippen LogP contribution in [0.1, 0.15) is 22.3 Å². The van der Waals surface area contributed by atoms with Crippen LogP contribution in [0.2, 0.25) is 0 Å². The van der Waals surface area contributed by atoms with E-state index in [4.69, 9.17) is 17.0 Å². The molecule has 9 heteroatoms. The van der Waals surface area contributed by atoms with Gasteiger partial charge in [-0.2, -0.15) is 0 Å². The molecule has 0 unspecified atom stereocenters. The molecule has 1 N–H and O–H groups in total. The Hall–Kier alpha value is -3.17. The highest BCUT2D eigenvalue weighted by Crippen LogP contribution is 2.32. The molecule has 1 aliphatic heterocycles. The molecule has 1 fully saturated rings. The quantitative estimate of drug-likeness (QED) is 0.520. The van der Waals surface area contributed by atoms with E-state index in [2.05, 4.69) is 5.32 Å². The van der Waals surface area contributed by atoms with E-state index in [9.17, 15) is 19.5 Å². The Morgan fingerprint density at radius 3 is 2.43 bits per heavy atom. The van der Waals surface area contributed by atoms with E-state index in [-0.39, 0.29) is 30.3 Å². The van der Waals surface area contributed by atoms with Crippen LogP contribution in [0.3, 0.4) is 0 Å². The molecule has 0 saturated carbocycles. The summed E-state index contributed by atoms with van der Waals surface area (Å²) in [5, 5.41) is 13.4. The van der Waals surface area contributed by atoms with Gasteiger partial charge in [0.2, 0.25) is 5.91 Å². The number of amides is 2. The SMILES string of the molecule is COc1ccc(/C=C2\SC(=S)N(CCC(=O)Nc3ccc(C(=O)[O-])cc3)C2=O)cc1. The predicted molar refractivity (Wildman–Crippen MR) is 117 cm³/mol. The summed E-state index contributed by atoms with van der Waals surface area (Å²) in [6.45, 7) is 0.146. The van der Waals surface area contributed by atoms with Crippen molar-refractivity contribution in [3.63, 3.8) is 0 Å². The van der Waals surface area contributed by atoms with Crippen LogP contribution in [0.25, 0.3) is 6.08 Å². The van der Waals surface area contributed by atoms with Crippen molar-refractivity contribution in [2.45, 2.75) is 6.42 Å². The van der Waals surface area contributed by atoms with E-state index < -0.39 is 5.97 Å². The number of carboxylic acids is 1. The second kappa shape index (κ2) is 9.55. The average molecular weight is 442 g/mol. The Balaban J connectivity index is 1.57. The third-order valence-electron chi connectivity index (χ3n) is 4.25. The molecule has 1 saturated heterocycles. The maximum atomic E-state index is 12.6. The molecule has 0 aromatic heterocycles. The van der Waals surface area contributed by atoms with E-state index in [1.807, 2.05) is 12.1 Å². The largest absolute Gasteiger partial charge is 0.545 e. The first-order valence-corrected chi connectivity index (χ1v) is 10.1. The smallest absolute Gasteiger partial charge is 0.266 e. The minimum absolute atomic E-state index is 0.0224. The Bertz CT molecular complexity index is 1020. The Morgan fingerprint density at radius 1 is 1.17 bits per heavy atom. The Morgan fingerprint density at radius 2 is 1.83 bits per heavy atom. The number of methoxy groups -OCH3 is 1. The number of nitrogens with zero attached hydrogens (tertiary/aromatic N) is 1. The summed E-state index contributed by atoms with van der Waals surface area (Å²) in [5.74, 6) is -1.12. The molecular formula is C21H17N2O5S2-. The summed E-state index contributed by atoms with van der Waals surface area (Å²) in [6, 6.07) is 12.9. The molecule has 2 aromatic carbocycles. The minimum atomic E-state index is -1.29. The molecule has 7 nitrogen and oxygen atoms in total. The molecule has 0 spiro atoms. The van der Waals surface area contributed by atoms with E-state index in [1.54, 1.807) is 25.3 Å². The number of thioether (sulfide) groups is 1. The van der Waals surface area contributed by atoms with Crippen LogP contribution in [-0.4, -0.2) is 40.7 Å². The van der Waals surface area contributed by atoms with Gasteiger partial charge >= 0.3 is 0 Å². The molecule has 1 heterocycles. The number of nitrogens with one attached hydrogen (secondary N) is 1. The van der Waals surface area contributed by atoms with Crippen molar-refractivity contribution >= 4 is 57.8 Å². The zero-order valence-electron chi connectivity index (χ0n) is 15.9. The van der Waals surface area contributed by atoms with E-state index in [0.29, 0.717) is 14.9 Å². The number of ether oxygens (including phenoxy) is 1. The molecule has 2 aromatic rings. The lowest BCUT2D eigenvalue weighted by Crippen LogP contribution is -2.31. The van der Waals surface area contributed by atoms with Crippen LogP contribution in [0.4, 0.5) is 5.69 Å². The molecule has 0 radical (unpaired) electrons. The first kappa shape index (κ1) is 21.5. The zero-order valence-corrected chi connectivity index (χ0v) is 17.5. The summed E-state index contributed by atoms with van der Waals surface area (Å²) >= 11 is 6.48. The monoisotopic (exact) mass is 441 g/mol. The maximum Gasteiger partial charge on any atom is 0.266 e. The second-order valence-electron chi connectivity index (χ2n) is 6.27. The van der Waals surface area contributed by atoms with Crippen LogP contribution in [-0.2, 0) is 9.59 Å². The number of aromatic carboxylic acids is 1. The number of anilines is 1. The van der Waals surface area contributed by atoms with Gasteiger partial charge in [-0.15, -0.1) is 0 Å². The molecule has 0 aliphatic carbocycles. The maximum absolute atomic E-state index is 12.6. The fourth-order valence-corrected chi connectivity index (χ4v) is 3.98. The van der Waals surface area contributed by atoms with Crippen LogP contribution in [0.15, 0.2) is 53.4 Å². The number of hydrogen-bond donors (Lipinski definition) is 1. The number of rotatable bonds is 7. The van der Waals surface area contributed by atoms with Crippen molar-refractivity contribution in [2.75, 3.05) is 19.0 Å². The molecule has 30 heavy (non-hydrogen) atoms. The highest BCUT2D eigenvalue weighted by atomic mass is 32.2. The molecule has 0 atom stereocenters. The average Bonchev–Trinajstić information content (AvgIpc) is 3.00. The molecule has 0 bridgehead atoms. The number of carbonyl (C=O) groups excluding carboxylic acids is 3. The van der Waals surface area contributed by atoms with Gasteiger partial charge in [0.15, 0.2) is 0 Å². The summed E-state index contributed by atoms with van der Waals surface area (Å²) in [6.07, 6.45) is 1.79. The van der Waals surface area contributed by atoms with Gasteiger partial charge in [-0.05, 0) is 41.5 Å². The van der Waals surface area contributed by atoms with Crippen molar-refractivity contribution in [1.82, 2.24) is 4.90 Å². The Kier molecular flexibility index (Phi) is 6.86. The number of carboxylic acid groups (broad SMARTS) is 1. The summed E-state index contributed by atoms with van der Waals surface area (Å²) in [4.78, 5) is 37.5. The van der Waals surface area contributed by atoms with E-state index >= 15 is 0 Å². The summed E-state index contributed by atoms with van der Waals surface area (Å²) < 4.78 is 5.51. The Labute approximate surface area is 182 Å². The van der Waals surface area contributed by atoms with Gasteiger partial charge in [0.1, 0.15) is 10.1 Å². The van der Waals surface area contributed by atoms with Crippen molar-refractivity contribution in [1.29, 1.82) is 0 Å². The van der Waals surface area contributed by atoms with Crippen molar-refractivity contribution < 1.29 is 24.2 Å². The summed E-state index contributed by atoms with van der Waals surface area (Å²) in [5.41, 5.74) is 1.32. The number of carbonyl (C=O) groups is 3.